The summed E-state index contributed by atoms with van der Waals surface area (Å²) in [7, 11) is 0. The summed E-state index contributed by atoms with van der Waals surface area (Å²) in [6.45, 7) is 0. The van der Waals surface area contributed by atoms with Gasteiger partial charge >= 0.3 is 0 Å². The summed E-state index contributed by atoms with van der Waals surface area (Å²) in [6.07, 6.45) is 0. The average molecular weight is 822 g/mol. The Morgan fingerprint density at radius 3 is 1.07 bits per heavy atom. The number of anilines is 3. The van der Waals surface area contributed by atoms with Crippen LogP contribution in [-0.2, 0) is 0 Å². The van der Waals surface area contributed by atoms with Crippen LogP contribution in [0.5, 0.6) is 97.7 Å². The van der Waals surface area contributed by atoms with Crippen molar-refractivity contribution in [1.82, 2.24) is 0 Å². The molecular weight excluding hydrogens is 790 g/mol. The predicted octanol–water partition coefficient (Wildman–Crippen LogP) is 6.82. The molecule has 0 heterocycles. The first-order valence-corrected chi connectivity index (χ1v) is 17.1. The van der Waals surface area contributed by atoms with E-state index in [2.05, 4.69) is 0 Å². The van der Waals surface area contributed by atoms with Crippen LogP contribution in [-0.4, -0.2) is 86.8 Å². The first-order valence-electron chi connectivity index (χ1n) is 17.1. The van der Waals surface area contributed by atoms with Gasteiger partial charge in [0.1, 0.15) is 17.1 Å². The van der Waals surface area contributed by atoms with Gasteiger partial charge in [-0.25, -0.2) is 0 Å². The Labute approximate surface area is 335 Å². The number of aromatic hydroxyl groups is 17. The zero-order valence-electron chi connectivity index (χ0n) is 30.1. The highest BCUT2D eigenvalue weighted by atomic mass is 16.4. The first-order chi connectivity index (χ1) is 28.4. The summed E-state index contributed by atoms with van der Waals surface area (Å²) in [6, 6.07) is 22.8. The van der Waals surface area contributed by atoms with E-state index >= 15 is 0 Å². The highest BCUT2D eigenvalue weighted by Crippen LogP contribution is 2.66. The van der Waals surface area contributed by atoms with Gasteiger partial charge in [0.25, 0.3) is 0 Å². The maximum Gasteiger partial charge on any atom is 0.208 e. The van der Waals surface area contributed by atoms with Crippen molar-refractivity contribution in [3.05, 3.63) is 84.9 Å². The highest BCUT2D eigenvalue weighted by Gasteiger charge is 2.37. The summed E-state index contributed by atoms with van der Waals surface area (Å²) in [5, 5.41) is 183. The van der Waals surface area contributed by atoms with E-state index in [1.54, 1.807) is 6.07 Å². The van der Waals surface area contributed by atoms with Gasteiger partial charge in [-0.05, 0) is 40.5 Å². The van der Waals surface area contributed by atoms with Crippen molar-refractivity contribution < 1.29 is 86.8 Å². The molecule has 7 rings (SSSR count). The van der Waals surface area contributed by atoms with Crippen LogP contribution >= 0.6 is 0 Å². The van der Waals surface area contributed by atoms with Gasteiger partial charge in [0.2, 0.25) is 34.5 Å². The van der Waals surface area contributed by atoms with E-state index in [0.29, 0.717) is 22.1 Å². The van der Waals surface area contributed by atoms with Crippen LogP contribution < -0.4 is 4.90 Å². The van der Waals surface area contributed by atoms with Gasteiger partial charge in [0, 0.05) is 11.3 Å². The third-order valence-electron chi connectivity index (χ3n) is 9.75. The third-order valence-corrected chi connectivity index (χ3v) is 9.75. The molecule has 7 aromatic rings. The number of rotatable bonds is 7. The van der Waals surface area contributed by atoms with Crippen LogP contribution in [0.2, 0.25) is 0 Å². The lowest BCUT2D eigenvalue weighted by Crippen LogP contribution is -2.12. The molecule has 0 saturated carbocycles. The number of phenolic OH excluding ortho intramolecular Hbond substituents is 17. The summed E-state index contributed by atoms with van der Waals surface area (Å²) < 4.78 is 0. The Bertz CT molecular complexity index is 2810. The quantitative estimate of drug-likeness (QED) is 0.0579. The molecule has 0 amide bonds. The molecule has 0 aliphatic rings. The molecule has 17 N–H and O–H groups in total. The maximum atomic E-state index is 11.6. The predicted molar refractivity (Wildman–Crippen MR) is 211 cm³/mol. The molecule has 306 valence electrons. The van der Waals surface area contributed by atoms with Gasteiger partial charge in [-0.3, -0.25) is 4.90 Å². The Kier molecular flexibility index (Phi) is 9.24. The fourth-order valence-electron chi connectivity index (χ4n) is 6.81. The van der Waals surface area contributed by atoms with E-state index in [4.69, 9.17) is 0 Å². The maximum absolute atomic E-state index is 11.6. The molecule has 0 aromatic heterocycles. The molecule has 0 unspecified atom stereocenters. The van der Waals surface area contributed by atoms with E-state index in [0.717, 1.165) is 11.1 Å². The number of hydrogen-bond acceptors (Lipinski definition) is 18. The standard InChI is InChI=1S/C42H31NO17/c44-21-14-20(22-28(46)37(55)41(59)38(56)29(22)47)27(45)34(52)25(21)43(17-12-10-16(11-13-17)19-9-5-4-8-18(19)15-6-2-1-3-7-15)26-35(53)30(48)23(31(49)36(26)54)24-32(50)39(57)42(60)40(58)33(24)51/h1-14,44-60H. The van der Waals surface area contributed by atoms with Crippen LogP contribution in [0.15, 0.2) is 84.9 Å². The molecular formula is C42H31NO17. The molecule has 0 aliphatic heterocycles. The minimum Gasteiger partial charge on any atom is -0.506 e. The lowest BCUT2D eigenvalue weighted by Gasteiger charge is -2.30. The van der Waals surface area contributed by atoms with Crippen molar-refractivity contribution in [3.63, 3.8) is 0 Å². The van der Waals surface area contributed by atoms with Crippen LogP contribution in [0.1, 0.15) is 0 Å². The Morgan fingerprint density at radius 1 is 0.267 bits per heavy atom. The van der Waals surface area contributed by atoms with Crippen molar-refractivity contribution in [2.75, 3.05) is 4.90 Å². The SMILES string of the molecule is Oc1cc(-c2c(O)c(O)c(O)c(O)c2O)c(O)c(O)c1N(c1ccc(-c2ccccc2-c2ccccc2)cc1)c1c(O)c(O)c(-c2c(O)c(O)c(O)c(O)c2O)c(O)c1O. The second-order valence-electron chi connectivity index (χ2n) is 13.1. The zero-order valence-corrected chi connectivity index (χ0v) is 30.1. The summed E-state index contributed by atoms with van der Waals surface area (Å²) >= 11 is 0. The Morgan fingerprint density at radius 2 is 0.617 bits per heavy atom. The van der Waals surface area contributed by atoms with Crippen LogP contribution in [0, 0.1) is 0 Å². The molecule has 7 aromatic carbocycles. The normalized spacial score (nSPS) is 11.1. The lowest BCUT2D eigenvalue weighted by molar-refractivity contribution is 0.329. The monoisotopic (exact) mass is 821 g/mol. The number of phenols is 17. The molecule has 18 nitrogen and oxygen atoms in total. The Balaban J connectivity index is 1.51. The molecule has 0 fully saturated rings. The molecule has 0 saturated heterocycles. The second kappa shape index (κ2) is 14.2. The molecule has 0 atom stereocenters. The minimum atomic E-state index is -1.50. The van der Waals surface area contributed by atoms with E-state index in [1.165, 1.54) is 24.3 Å². The number of hydrogen-bond donors (Lipinski definition) is 17. The van der Waals surface area contributed by atoms with Crippen molar-refractivity contribution in [2.24, 2.45) is 0 Å². The van der Waals surface area contributed by atoms with Crippen molar-refractivity contribution in [2.45, 2.75) is 0 Å². The van der Waals surface area contributed by atoms with Crippen molar-refractivity contribution in [3.8, 4) is 142 Å². The fourth-order valence-corrected chi connectivity index (χ4v) is 6.81. The van der Waals surface area contributed by atoms with Crippen LogP contribution in [0.3, 0.4) is 0 Å². The van der Waals surface area contributed by atoms with Crippen molar-refractivity contribution >= 4 is 17.1 Å². The molecule has 18 heteroatoms. The van der Waals surface area contributed by atoms with Gasteiger partial charge < -0.3 is 86.8 Å². The van der Waals surface area contributed by atoms with E-state index in [1.807, 2.05) is 48.5 Å². The van der Waals surface area contributed by atoms with Crippen LogP contribution in [0.4, 0.5) is 17.1 Å². The highest BCUT2D eigenvalue weighted by molar-refractivity contribution is 6.01. The van der Waals surface area contributed by atoms with Gasteiger partial charge in [-0.1, -0.05) is 66.7 Å². The minimum absolute atomic E-state index is 0.234. The molecule has 60 heavy (non-hydrogen) atoms. The van der Waals surface area contributed by atoms with Gasteiger partial charge in [-0.15, -0.1) is 0 Å². The zero-order chi connectivity index (χ0) is 43.6. The van der Waals surface area contributed by atoms with Crippen LogP contribution in [0.25, 0.3) is 44.5 Å². The first kappa shape index (κ1) is 39.2. The van der Waals surface area contributed by atoms with Gasteiger partial charge in [0.15, 0.2) is 57.5 Å². The number of benzene rings is 7. The largest absolute Gasteiger partial charge is 0.506 e. The second-order valence-corrected chi connectivity index (χ2v) is 13.1. The summed E-state index contributed by atoms with van der Waals surface area (Å²) in [5.74, 6) is -23.9. The van der Waals surface area contributed by atoms with Gasteiger partial charge in [-0.2, -0.15) is 0 Å². The molecule has 0 aliphatic carbocycles. The smallest absolute Gasteiger partial charge is 0.208 e. The van der Waals surface area contributed by atoms with Crippen molar-refractivity contribution in [1.29, 1.82) is 0 Å². The fraction of sp³-hybridized carbons (Fsp3) is 0. The number of nitrogens with zero attached hydrogens (tertiary/aromatic N) is 1. The van der Waals surface area contributed by atoms with E-state index in [-0.39, 0.29) is 5.69 Å². The molecule has 0 bridgehead atoms. The van der Waals surface area contributed by atoms with E-state index in [9.17, 15) is 86.8 Å². The summed E-state index contributed by atoms with van der Waals surface area (Å²) in [4.78, 5) is 0.589. The average Bonchev–Trinajstić information content (AvgIpc) is 3.25. The Hall–Kier alpha value is -9.06. The third kappa shape index (κ3) is 5.74. The van der Waals surface area contributed by atoms with Gasteiger partial charge in [0.05, 0.1) is 16.7 Å². The summed E-state index contributed by atoms with van der Waals surface area (Å²) in [5.41, 5.74) is -3.72. The molecule has 0 spiro atoms. The lowest BCUT2D eigenvalue weighted by atomic mass is 9.94. The van der Waals surface area contributed by atoms with E-state index < -0.39 is 131 Å². The topological polar surface area (TPSA) is 347 Å². The molecule has 0 radical (unpaired) electrons.